The third-order valence-electron chi connectivity index (χ3n) is 4.08. The van der Waals surface area contributed by atoms with Gasteiger partial charge in [-0.2, -0.15) is 0 Å². The predicted octanol–water partition coefficient (Wildman–Crippen LogP) is 0.211. The SMILES string of the molecule is C[C@@H]1CNC[C@H]1C(=O)NC(C)(C(=O)O)C1CC1. The number of amides is 1. The first-order chi connectivity index (χ1) is 7.95. The summed E-state index contributed by atoms with van der Waals surface area (Å²) in [5, 5.41) is 15.2. The fraction of sp³-hybridized carbons (Fsp3) is 0.833. The highest BCUT2D eigenvalue weighted by Gasteiger charge is 2.49. The molecule has 0 aromatic heterocycles. The Morgan fingerprint density at radius 2 is 2.00 bits per heavy atom. The minimum Gasteiger partial charge on any atom is -0.480 e. The summed E-state index contributed by atoms with van der Waals surface area (Å²) in [7, 11) is 0. The molecule has 2 rings (SSSR count). The van der Waals surface area contributed by atoms with Crippen molar-refractivity contribution in [1.29, 1.82) is 0 Å². The van der Waals surface area contributed by atoms with Crippen molar-refractivity contribution in [2.24, 2.45) is 17.8 Å². The van der Waals surface area contributed by atoms with E-state index in [1.54, 1.807) is 6.92 Å². The van der Waals surface area contributed by atoms with Gasteiger partial charge in [0.2, 0.25) is 5.91 Å². The summed E-state index contributed by atoms with van der Waals surface area (Å²) in [6.07, 6.45) is 1.78. The van der Waals surface area contributed by atoms with Crippen LogP contribution in [0.25, 0.3) is 0 Å². The average molecular weight is 240 g/mol. The Morgan fingerprint density at radius 1 is 1.35 bits per heavy atom. The minimum absolute atomic E-state index is 0.0913. The van der Waals surface area contributed by atoms with Crippen molar-refractivity contribution in [3.63, 3.8) is 0 Å². The molecule has 1 heterocycles. The van der Waals surface area contributed by atoms with Crippen molar-refractivity contribution in [2.45, 2.75) is 32.2 Å². The Morgan fingerprint density at radius 3 is 2.41 bits per heavy atom. The Balaban J connectivity index is 2.03. The van der Waals surface area contributed by atoms with Gasteiger partial charge in [0, 0.05) is 6.54 Å². The molecule has 0 aromatic rings. The quantitative estimate of drug-likeness (QED) is 0.656. The summed E-state index contributed by atoms with van der Waals surface area (Å²) >= 11 is 0. The number of nitrogens with one attached hydrogen (secondary N) is 2. The van der Waals surface area contributed by atoms with Gasteiger partial charge in [-0.15, -0.1) is 0 Å². The molecular weight excluding hydrogens is 220 g/mol. The van der Waals surface area contributed by atoms with Gasteiger partial charge in [-0.05, 0) is 38.1 Å². The fourth-order valence-electron chi connectivity index (χ4n) is 2.50. The molecule has 96 valence electrons. The highest BCUT2D eigenvalue weighted by molar-refractivity contribution is 5.88. The first-order valence-electron chi connectivity index (χ1n) is 6.21. The largest absolute Gasteiger partial charge is 0.480 e. The van der Waals surface area contributed by atoms with Crippen LogP contribution in [-0.2, 0) is 9.59 Å². The summed E-state index contributed by atoms with van der Waals surface area (Å²) in [5.74, 6) is -0.792. The maximum atomic E-state index is 12.1. The summed E-state index contributed by atoms with van der Waals surface area (Å²) in [6, 6.07) is 0. The second kappa shape index (κ2) is 4.29. The van der Waals surface area contributed by atoms with Crippen LogP contribution in [0.15, 0.2) is 0 Å². The van der Waals surface area contributed by atoms with Crippen LogP contribution < -0.4 is 10.6 Å². The van der Waals surface area contributed by atoms with Crippen LogP contribution in [0.3, 0.4) is 0 Å². The van der Waals surface area contributed by atoms with E-state index in [0.717, 1.165) is 19.4 Å². The highest BCUT2D eigenvalue weighted by Crippen LogP contribution is 2.40. The number of hydrogen-bond donors (Lipinski definition) is 3. The van der Waals surface area contributed by atoms with E-state index >= 15 is 0 Å². The normalized spacial score (nSPS) is 31.9. The van der Waals surface area contributed by atoms with E-state index in [1.165, 1.54) is 0 Å². The van der Waals surface area contributed by atoms with Gasteiger partial charge in [-0.3, -0.25) is 4.79 Å². The molecule has 3 N–H and O–H groups in total. The van der Waals surface area contributed by atoms with E-state index in [2.05, 4.69) is 10.6 Å². The molecule has 0 radical (unpaired) electrons. The molecular formula is C12H20N2O3. The van der Waals surface area contributed by atoms with Gasteiger partial charge in [0.05, 0.1) is 5.92 Å². The molecule has 1 saturated heterocycles. The second-order valence-electron chi connectivity index (χ2n) is 5.51. The second-order valence-corrected chi connectivity index (χ2v) is 5.51. The van der Waals surface area contributed by atoms with Crippen molar-refractivity contribution in [2.75, 3.05) is 13.1 Å². The van der Waals surface area contributed by atoms with Gasteiger partial charge in [-0.25, -0.2) is 4.79 Å². The van der Waals surface area contributed by atoms with Crippen LogP contribution in [0.4, 0.5) is 0 Å². The Hall–Kier alpha value is -1.10. The number of carbonyl (C=O) groups excluding carboxylic acids is 1. The van der Waals surface area contributed by atoms with Gasteiger partial charge in [-0.1, -0.05) is 6.92 Å². The van der Waals surface area contributed by atoms with Crippen molar-refractivity contribution in [3.05, 3.63) is 0 Å². The lowest BCUT2D eigenvalue weighted by Crippen LogP contribution is -2.56. The van der Waals surface area contributed by atoms with Gasteiger partial charge >= 0.3 is 5.97 Å². The van der Waals surface area contributed by atoms with Crippen molar-refractivity contribution < 1.29 is 14.7 Å². The monoisotopic (exact) mass is 240 g/mol. The fourth-order valence-corrected chi connectivity index (χ4v) is 2.50. The lowest BCUT2D eigenvalue weighted by Gasteiger charge is -2.28. The van der Waals surface area contributed by atoms with Gasteiger partial charge in [0.15, 0.2) is 0 Å². The molecule has 1 unspecified atom stereocenters. The number of carboxylic acid groups (broad SMARTS) is 1. The Labute approximate surface area is 101 Å². The number of carbonyl (C=O) groups is 2. The summed E-state index contributed by atoms with van der Waals surface area (Å²) in [5.41, 5.74) is -1.08. The van der Waals surface area contributed by atoms with Crippen LogP contribution in [0.1, 0.15) is 26.7 Å². The van der Waals surface area contributed by atoms with E-state index in [9.17, 15) is 14.7 Å². The van der Waals surface area contributed by atoms with E-state index in [-0.39, 0.29) is 23.7 Å². The zero-order valence-electron chi connectivity index (χ0n) is 10.3. The molecule has 3 atom stereocenters. The molecule has 0 bridgehead atoms. The van der Waals surface area contributed by atoms with Crippen molar-refractivity contribution in [1.82, 2.24) is 10.6 Å². The summed E-state index contributed by atoms with van der Waals surface area (Å²) in [6.45, 7) is 5.11. The standard InChI is InChI=1S/C12H20N2O3/c1-7-5-13-6-9(7)10(15)14-12(2,11(16)17)8-3-4-8/h7-9,13H,3-6H2,1-2H3,(H,14,15)(H,16,17)/t7-,9-,12?/m1/s1. The van der Waals surface area contributed by atoms with Crippen LogP contribution in [0, 0.1) is 17.8 Å². The minimum atomic E-state index is -1.08. The summed E-state index contributed by atoms with van der Waals surface area (Å²) < 4.78 is 0. The first-order valence-corrected chi connectivity index (χ1v) is 6.21. The van der Waals surface area contributed by atoms with Gasteiger partial charge in [0.25, 0.3) is 0 Å². The van der Waals surface area contributed by atoms with Crippen LogP contribution in [0.5, 0.6) is 0 Å². The molecule has 5 nitrogen and oxygen atoms in total. The van der Waals surface area contributed by atoms with Crippen molar-refractivity contribution >= 4 is 11.9 Å². The Bertz CT molecular complexity index is 341. The van der Waals surface area contributed by atoms with E-state index < -0.39 is 11.5 Å². The van der Waals surface area contributed by atoms with E-state index in [4.69, 9.17) is 0 Å². The molecule has 0 aromatic carbocycles. The molecule has 2 aliphatic rings. The highest BCUT2D eigenvalue weighted by atomic mass is 16.4. The molecule has 1 aliphatic heterocycles. The lowest BCUT2D eigenvalue weighted by molar-refractivity contribution is -0.148. The molecule has 5 heteroatoms. The number of aliphatic carboxylic acids is 1. The van der Waals surface area contributed by atoms with E-state index in [0.29, 0.717) is 6.54 Å². The Kier molecular flexibility index (Phi) is 3.12. The lowest BCUT2D eigenvalue weighted by atomic mass is 9.92. The zero-order valence-corrected chi connectivity index (χ0v) is 10.3. The van der Waals surface area contributed by atoms with Crippen LogP contribution >= 0.6 is 0 Å². The van der Waals surface area contributed by atoms with Gasteiger partial charge < -0.3 is 15.7 Å². The third kappa shape index (κ3) is 2.29. The van der Waals surface area contributed by atoms with Crippen LogP contribution in [-0.4, -0.2) is 35.6 Å². The number of carboxylic acids is 1. The maximum Gasteiger partial charge on any atom is 0.329 e. The molecule has 17 heavy (non-hydrogen) atoms. The topological polar surface area (TPSA) is 78.4 Å². The average Bonchev–Trinajstić information content (AvgIpc) is 3.01. The molecule has 1 amide bonds. The maximum absolute atomic E-state index is 12.1. The third-order valence-corrected chi connectivity index (χ3v) is 4.08. The van der Waals surface area contributed by atoms with Crippen LogP contribution in [0.2, 0.25) is 0 Å². The summed E-state index contributed by atoms with van der Waals surface area (Å²) in [4.78, 5) is 23.4. The zero-order chi connectivity index (χ0) is 12.6. The smallest absolute Gasteiger partial charge is 0.329 e. The molecule has 2 fully saturated rings. The number of hydrogen-bond acceptors (Lipinski definition) is 3. The first kappa shape index (κ1) is 12.4. The van der Waals surface area contributed by atoms with Gasteiger partial charge in [0.1, 0.15) is 5.54 Å². The number of rotatable bonds is 4. The predicted molar refractivity (Wildman–Crippen MR) is 62.4 cm³/mol. The van der Waals surface area contributed by atoms with E-state index in [1.807, 2.05) is 6.92 Å². The molecule has 1 saturated carbocycles. The molecule has 0 spiro atoms. The molecule has 1 aliphatic carbocycles. The van der Waals surface area contributed by atoms with Crippen molar-refractivity contribution in [3.8, 4) is 0 Å².